The number of benzene rings is 2. The number of aliphatic carboxylic acids is 1. The fourth-order valence-corrected chi connectivity index (χ4v) is 2.46. The molecule has 2 N–H and O–H groups in total. The molecule has 3 aromatic rings. The van der Waals surface area contributed by atoms with Crippen LogP contribution in [0.1, 0.15) is 19.3 Å². The summed E-state index contributed by atoms with van der Waals surface area (Å²) in [5.41, 5.74) is 0.381. The number of hydrogen-bond donors (Lipinski definition) is 2. The number of carboxylic acid groups (broad SMARTS) is 1. The summed E-state index contributed by atoms with van der Waals surface area (Å²) in [7, 11) is 0. The lowest BCUT2D eigenvalue weighted by molar-refractivity contribution is -0.137. The van der Waals surface area contributed by atoms with E-state index in [2.05, 4.69) is 4.98 Å². The molecule has 24 heavy (non-hydrogen) atoms. The zero-order chi connectivity index (χ0) is 17.3. The molecule has 0 saturated carbocycles. The summed E-state index contributed by atoms with van der Waals surface area (Å²) in [4.78, 5) is 38.5. The van der Waals surface area contributed by atoms with Gasteiger partial charge >= 0.3 is 5.97 Å². The first kappa shape index (κ1) is 15.7. The molecule has 0 spiro atoms. The maximum Gasteiger partial charge on any atom is 0.303 e. The second kappa shape index (κ2) is 6.11. The SMILES string of the molecule is O=C(O)CCCC(O)=c1c(=O)ccc2nc3ccc(=O)cc3oc12. The second-order valence-electron chi connectivity index (χ2n) is 5.32. The summed E-state index contributed by atoms with van der Waals surface area (Å²) in [6.45, 7) is 0. The van der Waals surface area contributed by atoms with Crippen molar-refractivity contribution in [3.8, 4) is 0 Å². The van der Waals surface area contributed by atoms with Gasteiger partial charge in [-0.05, 0) is 30.7 Å². The zero-order valence-corrected chi connectivity index (χ0v) is 12.5. The van der Waals surface area contributed by atoms with E-state index in [1.807, 2.05) is 0 Å². The van der Waals surface area contributed by atoms with E-state index in [0.29, 0.717) is 11.0 Å². The monoisotopic (exact) mass is 327 g/mol. The van der Waals surface area contributed by atoms with Crippen molar-refractivity contribution >= 4 is 33.9 Å². The largest absolute Gasteiger partial charge is 0.511 e. The van der Waals surface area contributed by atoms with Gasteiger partial charge in [0.2, 0.25) is 0 Å². The van der Waals surface area contributed by atoms with Crippen molar-refractivity contribution in [2.24, 2.45) is 0 Å². The van der Waals surface area contributed by atoms with Crippen molar-refractivity contribution in [3.63, 3.8) is 0 Å². The van der Waals surface area contributed by atoms with E-state index < -0.39 is 11.4 Å². The molecule has 122 valence electrons. The lowest BCUT2D eigenvalue weighted by Crippen LogP contribution is -2.27. The Morgan fingerprint density at radius 1 is 1.04 bits per heavy atom. The Morgan fingerprint density at radius 3 is 2.54 bits per heavy atom. The van der Waals surface area contributed by atoms with Crippen LogP contribution in [0.2, 0.25) is 0 Å². The van der Waals surface area contributed by atoms with Crippen LogP contribution in [0.4, 0.5) is 0 Å². The molecule has 7 heteroatoms. The first-order chi connectivity index (χ1) is 11.5. The third-order valence-electron chi connectivity index (χ3n) is 3.58. The molecule has 1 heterocycles. The van der Waals surface area contributed by atoms with Gasteiger partial charge < -0.3 is 14.6 Å². The topological polar surface area (TPSA) is 118 Å². The molecule has 3 rings (SSSR count). The van der Waals surface area contributed by atoms with Crippen LogP contribution in [0.25, 0.3) is 28.0 Å². The summed E-state index contributed by atoms with van der Waals surface area (Å²) >= 11 is 0. The third-order valence-corrected chi connectivity index (χ3v) is 3.58. The number of aliphatic hydroxyl groups is 1. The fraction of sp³-hybridized carbons (Fsp3) is 0.176. The Kier molecular flexibility index (Phi) is 3.99. The number of carbonyl (C=O) groups is 1. The van der Waals surface area contributed by atoms with Crippen LogP contribution in [-0.4, -0.2) is 21.2 Å². The highest BCUT2D eigenvalue weighted by molar-refractivity contribution is 5.83. The molecule has 0 fully saturated rings. The molecule has 2 aromatic carbocycles. The number of hydrogen-bond acceptors (Lipinski definition) is 6. The highest BCUT2D eigenvalue weighted by atomic mass is 16.4. The second-order valence-corrected chi connectivity index (χ2v) is 5.32. The van der Waals surface area contributed by atoms with Gasteiger partial charge in [0.05, 0.1) is 0 Å². The lowest BCUT2D eigenvalue weighted by atomic mass is 10.1. The Bertz CT molecular complexity index is 1120. The average molecular weight is 327 g/mol. The van der Waals surface area contributed by atoms with E-state index >= 15 is 0 Å². The zero-order valence-electron chi connectivity index (χ0n) is 12.5. The van der Waals surface area contributed by atoms with Crippen molar-refractivity contribution in [2.75, 3.05) is 0 Å². The van der Waals surface area contributed by atoms with Gasteiger partial charge in [-0.1, -0.05) is 0 Å². The number of aliphatic hydroxyl groups excluding tert-OH is 1. The minimum atomic E-state index is -0.983. The maximum absolute atomic E-state index is 12.1. The van der Waals surface area contributed by atoms with Gasteiger partial charge in [0.25, 0.3) is 0 Å². The van der Waals surface area contributed by atoms with Gasteiger partial charge in [0.1, 0.15) is 22.0 Å². The molecule has 1 aromatic heterocycles. The predicted octanol–water partition coefficient (Wildman–Crippen LogP) is 1.34. The minimum absolute atomic E-state index is 0.0236. The predicted molar refractivity (Wildman–Crippen MR) is 86.8 cm³/mol. The van der Waals surface area contributed by atoms with Crippen LogP contribution in [0.5, 0.6) is 0 Å². The van der Waals surface area contributed by atoms with E-state index in [-0.39, 0.29) is 46.8 Å². The summed E-state index contributed by atoms with van der Waals surface area (Å²) in [6.07, 6.45) is 0.0827. The van der Waals surface area contributed by atoms with Crippen molar-refractivity contribution in [1.82, 2.24) is 4.98 Å². The van der Waals surface area contributed by atoms with Crippen molar-refractivity contribution < 1.29 is 19.4 Å². The third kappa shape index (κ3) is 2.96. The molecule has 7 nitrogen and oxygen atoms in total. The molecular weight excluding hydrogens is 314 g/mol. The van der Waals surface area contributed by atoms with Crippen molar-refractivity contribution in [2.45, 2.75) is 19.3 Å². The number of carboxylic acids is 1. The molecule has 0 aliphatic carbocycles. The van der Waals surface area contributed by atoms with E-state index in [1.165, 1.54) is 30.3 Å². The van der Waals surface area contributed by atoms with E-state index in [4.69, 9.17) is 9.52 Å². The molecule has 0 saturated heterocycles. The fourth-order valence-electron chi connectivity index (χ4n) is 2.46. The van der Waals surface area contributed by atoms with E-state index in [9.17, 15) is 19.5 Å². The number of aromatic nitrogens is 1. The minimum Gasteiger partial charge on any atom is -0.511 e. The van der Waals surface area contributed by atoms with Crippen LogP contribution >= 0.6 is 0 Å². The molecule has 0 amide bonds. The van der Waals surface area contributed by atoms with Gasteiger partial charge in [-0.15, -0.1) is 0 Å². The number of rotatable bonds is 4. The van der Waals surface area contributed by atoms with Gasteiger partial charge in [-0.3, -0.25) is 14.4 Å². The Labute approximate surface area is 134 Å². The molecular formula is C17H13NO6. The van der Waals surface area contributed by atoms with Gasteiger partial charge in [-0.25, -0.2) is 4.98 Å². The molecule has 0 aliphatic heterocycles. The average Bonchev–Trinajstić information content (AvgIpc) is 2.52. The molecule has 0 radical (unpaired) electrons. The molecule has 0 bridgehead atoms. The van der Waals surface area contributed by atoms with Crippen molar-refractivity contribution in [1.29, 1.82) is 0 Å². The van der Waals surface area contributed by atoms with Gasteiger partial charge in [0.15, 0.2) is 22.0 Å². The lowest BCUT2D eigenvalue weighted by Gasteiger charge is -2.03. The summed E-state index contributed by atoms with van der Waals surface area (Å²) in [6, 6.07) is 6.86. The van der Waals surface area contributed by atoms with E-state index in [0.717, 1.165) is 0 Å². The van der Waals surface area contributed by atoms with Crippen LogP contribution in [0.3, 0.4) is 0 Å². The van der Waals surface area contributed by atoms with Crippen LogP contribution in [0.15, 0.2) is 44.3 Å². The highest BCUT2D eigenvalue weighted by Gasteiger charge is 2.11. The van der Waals surface area contributed by atoms with Gasteiger partial charge in [0, 0.05) is 18.9 Å². The first-order valence-electron chi connectivity index (χ1n) is 7.27. The standard InChI is InChI=1S/C17H13NO6/c19-9-4-5-10-14(8-9)24-17-11(18-10)6-7-13(21)16(17)12(20)2-1-3-15(22)23/h4-8,20H,1-3H2,(H,22,23). The number of nitrogens with zero attached hydrogens (tertiary/aromatic N) is 1. The Balaban J connectivity index is 2.25. The van der Waals surface area contributed by atoms with Gasteiger partial charge in [-0.2, -0.15) is 0 Å². The van der Waals surface area contributed by atoms with E-state index in [1.54, 1.807) is 0 Å². The number of fused-ring (bicyclic) bond motifs is 2. The molecule has 0 unspecified atom stereocenters. The maximum atomic E-state index is 12.1. The summed E-state index contributed by atoms with van der Waals surface area (Å²) in [5, 5.41) is 18.8. The van der Waals surface area contributed by atoms with Crippen LogP contribution in [0, 0.1) is 0 Å². The quantitative estimate of drug-likeness (QED) is 0.694. The van der Waals surface area contributed by atoms with Crippen molar-refractivity contribution in [3.05, 3.63) is 56.0 Å². The smallest absolute Gasteiger partial charge is 0.303 e. The normalized spacial score (nSPS) is 12.5. The summed E-state index contributed by atoms with van der Waals surface area (Å²) < 4.78 is 5.63. The van der Waals surface area contributed by atoms with Crippen LogP contribution < -0.4 is 16.1 Å². The Hall–Kier alpha value is -3.22. The first-order valence-corrected chi connectivity index (χ1v) is 7.27. The Morgan fingerprint density at radius 2 is 1.79 bits per heavy atom. The van der Waals surface area contributed by atoms with Crippen LogP contribution in [-0.2, 0) is 4.79 Å². The highest BCUT2D eigenvalue weighted by Crippen LogP contribution is 2.15. The summed E-state index contributed by atoms with van der Waals surface area (Å²) in [5.74, 6) is -1.24. The molecule has 0 aliphatic rings. The molecule has 0 atom stereocenters.